The van der Waals surface area contributed by atoms with E-state index in [0.717, 1.165) is 12.8 Å². The minimum absolute atomic E-state index is 0.0629. The minimum Gasteiger partial charge on any atom is -0.477 e. The van der Waals surface area contributed by atoms with Gasteiger partial charge in [-0.2, -0.15) is 0 Å². The van der Waals surface area contributed by atoms with E-state index in [1.807, 2.05) is 6.92 Å². The van der Waals surface area contributed by atoms with Crippen LogP contribution in [-0.2, 0) is 6.42 Å². The van der Waals surface area contributed by atoms with Crippen LogP contribution in [0.15, 0.2) is 18.3 Å². The number of aromatic nitrogens is 2. The van der Waals surface area contributed by atoms with Crippen molar-refractivity contribution in [2.45, 2.75) is 26.2 Å². The molecule has 17 heavy (non-hydrogen) atoms. The largest absolute Gasteiger partial charge is 0.477 e. The van der Waals surface area contributed by atoms with Crippen molar-refractivity contribution in [3.05, 3.63) is 35.5 Å². The molecule has 2 aromatic heterocycles. The Morgan fingerprint density at radius 3 is 3.00 bits per heavy atom. The molecule has 0 aliphatic carbocycles. The number of nitrogens with zero attached hydrogens (tertiary/aromatic N) is 2. The molecular weight excluding hydrogens is 223 g/mol. The SMILES string of the molecule is CCCCc1nc2c(F)cccn2c1C(=O)O. The van der Waals surface area contributed by atoms with E-state index < -0.39 is 11.8 Å². The number of aromatic carboxylic acids is 1. The second-order valence-corrected chi connectivity index (χ2v) is 3.87. The topological polar surface area (TPSA) is 54.6 Å². The van der Waals surface area contributed by atoms with E-state index >= 15 is 0 Å². The number of hydrogen-bond donors (Lipinski definition) is 1. The molecule has 2 aromatic rings. The molecule has 2 rings (SSSR count). The first-order valence-electron chi connectivity index (χ1n) is 5.54. The lowest BCUT2D eigenvalue weighted by atomic mass is 10.2. The molecule has 2 heterocycles. The van der Waals surface area contributed by atoms with Gasteiger partial charge in [0.15, 0.2) is 17.2 Å². The summed E-state index contributed by atoms with van der Waals surface area (Å²) >= 11 is 0. The quantitative estimate of drug-likeness (QED) is 0.887. The smallest absolute Gasteiger partial charge is 0.354 e. The van der Waals surface area contributed by atoms with Gasteiger partial charge in [-0.1, -0.05) is 13.3 Å². The number of hydrogen-bond acceptors (Lipinski definition) is 2. The van der Waals surface area contributed by atoms with Crippen LogP contribution in [0, 0.1) is 5.82 Å². The fraction of sp³-hybridized carbons (Fsp3) is 0.333. The first-order valence-corrected chi connectivity index (χ1v) is 5.54. The van der Waals surface area contributed by atoms with Crippen molar-refractivity contribution in [3.63, 3.8) is 0 Å². The van der Waals surface area contributed by atoms with Crippen LogP contribution in [0.4, 0.5) is 4.39 Å². The fourth-order valence-corrected chi connectivity index (χ4v) is 1.83. The number of carboxylic acid groups (broad SMARTS) is 1. The zero-order valence-corrected chi connectivity index (χ0v) is 9.48. The number of pyridine rings is 1. The third-order valence-electron chi connectivity index (χ3n) is 2.64. The molecule has 1 N–H and O–H groups in total. The zero-order chi connectivity index (χ0) is 12.4. The van der Waals surface area contributed by atoms with Crippen LogP contribution in [0.5, 0.6) is 0 Å². The summed E-state index contributed by atoms with van der Waals surface area (Å²) in [5.74, 6) is -1.58. The van der Waals surface area contributed by atoms with E-state index in [1.165, 1.54) is 22.7 Å². The third kappa shape index (κ3) is 2.00. The van der Waals surface area contributed by atoms with Crippen molar-refractivity contribution in [2.24, 2.45) is 0 Å². The first kappa shape index (κ1) is 11.6. The summed E-state index contributed by atoms with van der Waals surface area (Å²) in [4.78, 5) is 15.3. The van der Waals surface area contributed by atoms with Crippen LogP contribution < -0.4 is 0 Å². The summed E-state index contributed by atoms with van der Waals surface area (Å²) in [5, 5.41) is 9.16. The highest BCUT2D eigenvalue weighted by atomic mass is 19.1. The number of unbranched alkanes of at least 4 members (excludes halogenated alkanes) is 1. The second-order valence-electron chi connectivity index (χ2n) is 3.87. The van der Waals surface area contributed by atoms with Gasteiger partial charge in [-0.25, -0.2) is 14.2 Å². The molecule has 0 radical (unpaired) electrons. The lowest BCUT2D eigenvalue weighted by molar-refractivity contribution is 0.0688. The Morgan fingerprint density at radius 2 is 2.35 bits per heavy atom. The number of fused-ring (bicyclic) bond motifs is 1. The number of carboxylic acids is 1. The summed E-state index contributed by atoms with van der Waals surface area (Å²) in [6.45, 7) is 2.01. The monoisotopic (exact) mass is 236 g/mol. The first-order chi connectivity index (χ1) is 8.15. The van der Waals surface area contributed by atoms with Crippen molar-refractivity contribution in [1.82, 2.24) is 9.38 Å². The van der Waals surface area contributed by atoms with Crippen molar-refractivity contribution in [3.8, 4) is 0 Å². The lowest BCUT2D eigenvalue weighted by Crippen LogP contribution is -2.05. The number of carbonyl (C=O) groups is 1. The van der Waals surface area contributed by atoms with Crippen molar-refractivity contribution >= 4 is 11.6 Å². The van der Waals surface area contributed by atoms with Gasteiger partial charge >= 0.3 is 5.97 Å². The highest BCUT2D eigenvalue weighted by Crippen LogP contribution is 2.17. The van der Waals surface area contributed by atoms with Gasteiger partial charge in [-0.3, -0.25) is 4.40 Å². The summed E-state index contributed by atoms with van der Waals surface area (Å²) in [6.07, 6.45) is 3.85. The predicted octanol–water partition coefficient (Wildman–Crippen LogP) is 2.51. The summed E-state index contributed by atoms with van der Waals surface area (Å²) in [5.41, 5.74) is 0.591. The summed E-state index contributed by atoms with van der Waals surface area (Å²) in [7, 11) is 0. The Balaban J connectivity index is 2.62. The molecule has 5 heteroatoms. The zero-order valence-electron chi connectivity index (χ0n) is 9.48. The normalized spacial score (nSPS) is 10.9. The molecule has 0 fully saturated rings. The van der Waals surface area contributed by atoms with Crippen LogP contribution in [0.3, 0.4) is 0 Å². The average molecular weight is 236 g/mol. The Morgan fingerprint density at radius 1 is 1.59 bits per heavy atom. The van der Waals surface area contributed by atoms with Gasteiger partial charge in [-0.15, -0.1) is 0 Å². The molecule has 0 aliphatic heterocycles. The molecule has 0 saturated carbocycles. The second kappa shape index (κ2) is 4.53. The third-order valence-corrected chi connectivity index (χ3v) is 2.64. The standard InChI is InChI=1S/C12H13FN2O2/c1-2-3-6-9-10(12(16)17)15-7-4-5-8(13)11(15)14-9/h4-5,7H,2-3,6H2,1H3,(H,16,17). The van der Waals surface area contributed by atoms with Gasteiger partial charge in [-0.05, 0) is 25.0 Å². The predicted molar refractivity (Wildman–Crippen MR) is 60.7 cm³/mol. The van der Waals surface area contributed by atoms with E-state index in [-0.39, 0.29) is 11.3 Å². The average Bonchev–Trinajstić information content (AvgIpc) is 2.66. The molecule has 0 aliphatic rings. The Hall–Kier alpha value is -1.91. The number of halogens is 1. The van der Waals surface area contributed by atoms with Gasteiger partial charge in [0, 0.05) is 6.20 Å². The minimum atomic E-state index is -1.07. The van der Waals surface area contributed by atoms with Crippen molar-refractivity contribution in [2.75, 3.05) is 0 Å². The fourth-order valence-electron chi connectivity index (χ4n) is 1.83. The van der Waals surface area contributed by atoms with Crippen LogP contribution in [0.25, 0.3) is 5.65 Å². The Labute approximate surface area is 97.7 Å². The summed E-state index contributed by atoms with van der Waals surface area (Å²) < 4.78 is 14.8. The molecule has 4 nitrogen and oxygen atoms in total. The number of aryl methyl sites for hydroxylation is 1. The highest BCUT2D eigenvalue weighted by Gasteiger charge is 2.19. The lowest BCUT2D eigenvalue weighted by Gasteiger charge is -1.99. The molecule has 0 spiro atoms. The highest BCUT2D eigenvalue weighted by molar-refractivity contribution is 5.88. The molecule has 0 amide bonds. The molecule has 0 bridgehead atoms. The van der Waals surface area contributed by atoms with Crippen molar-refractivity contribution in [1.29, 1.82) is 0 Å². The van der Waals surface area contributed by atoms with E-state index in [0.29, 0.717) is 12.1 Å². The maximum Gasteiger partial charge on any atom is 0.354 e. The molecule has 0 atom stereocenters. The molecule has 0 unspecified atom stereocenters. The van der Waals surface area contributed by atoms with Gasteiger partial charge in [0.05, 0.1) is 5.69 Å². The Bertz CT molecular complexity index is 563. The van der Waals surface area contributed by atoms with E-state index in [4.69, 9.17) is 5.11 Å². The summed E-state index contributed by atoms with van der Waals surface area (Å²) in [6, 6.07) is 2.75. The van der Waals surface area contributed by atoms with E-state index in [9.17, 15) is 9.18 Å². The Kier molecular flexibility index (Phi) is 3.08. The van der Waals surface area contributed by atoms with Gasteiger partial charge in [0.2, 0.25) is 0 Å². The van der Waals surface area contributed by atoms with Crippen LogP contribution in [0.1, 0.15) is 35.9 Å². The van der Waals surface area contributed by atoms with Crippen molar-refractivity contribution < 1.29 is 14.3 Å². The van der Waals surface area contributed by atoms with Crippen LogP contribution >= 0.6 is 0 Å². The van der Waals surface area contributed by atoms with E-state index in [1.54, 1.807) is 0 Å². The van der Waals surface area contributed by atoms with Gasteiger partial charge in [0.1, 0.15) is 0 Å². The number of rotatable bonds is 4. The molecular formula is C12H13FN2O2. The van der Waals surface area contributed by atoms with Gasteiger partial charge in [0.25, 0.3) is 0 Å². The maximum atomic E-state index is 13.5. The number of imidazole rings is 1. The van der Waals surface area contributed by atoms with E-state index in [2.05, 4.69) is 4.98 Å². The molecule has 0 saturated heterocycles. The molecule has 90 valence electrons. The maximum absolute atomic E-state index is 13.5. The molecule has 0 aromatic carbocycles. The van der Waals surface area contributed by atoms with Crippen LogP contribution in [0.2, 0.25) is 0 Å². The van der Waals surface area contributed by atoms with Crippen LogP contribution in [-0.4, -0.2) is 20.5 Å². The van der Waals surface area contributed by atoms with Gasteiger partial charge < -0.3 is 5.11 Å².